The predicted molar refractivity (Wildman–Crippen MR) is 201 cm³/mol. The molecule has 0 saturated carbocycles. The summed E-state index contributed by atoms with van der Waals surface area (Å²) in [4.78, 5) is 16.1. The zero-order chi connectivity index (χ0) is 33.1. The summed E-state index contributed by atoms with van der Waals surface area (Å²) in [6, 6.07) is 61.3. The SMILES string of the molecule is c1ccc(-c2ccc(-c3nc(-c4ccc5oc6ccccc6c5c4)nc(C4(c5ccccc5)c5ccccc5-c5ccccc54)n3)cc2)cc1. The Morgan fingerprint density at radius 2 is 0.900 bits per heavy atom. The van der Waals surface area contributed by atoms with E-state index in [2.05, 4.69) is 146 Å². The maximum atomic E-state index is 6.19. The first kappa shape index (κ1) is 28.4. The van der Waals surface area contributed by atoms with Crippen LogP contribution in [0.4, 0.5) is 0 Å². The van der Waals surface area contributed by atoms with E-state index >= 15 is 0 Å². The molecule has 50 heavy (non-hydrogen) atoms. The second-order valence-electron chi connectivity index (χ2n) is 12.8. The zero-order valence-corrected chi connectivity index (χ0v) is 27.0. The van der Waals surface area contributed by atoms with Crippen LogP contribution in [0, 0.1) is 0 Å². The molecule has 0 N–H and O–H groups in total. The van der Waals surface area contributed by atoms with Crippen molar-refractivity contribution in [3.05, 3.63) is 198 Å². The largest absolute Gasteiger partial charge is 0.456 e. The van der Waals surface area contributed by atoms with Crippen LogP contribution in [-0.4, -0.2) is 15.0 Å². The van der Waals surface area contributed by atoms with Gasteiger partial charge < -0.3 is 4.42 Å². The minimum absolute atomic E-state index is 0.612. The Bertz CT molecular complexity index is 2650. The number of rotatable bonds is 5. The first-order valence-corrected chi connectivity index (χ1v) is 16.9. The van der Waals surface area contributed by atoms with Gasteiger partial charge in [-0.2, -0.15) is 0 Å². The Hall–Kier alpha value is -6.65. The molecule has 0 fully saturated rings. The van der Waals surface area contributed by atoms with Gasteiger partial charge in [0.15, 0.2) is 17.5 Å². The van der Waals surface area contributed by atoms with E-state index in [0.29, 0.717) is 17.5 Å². The van der Waals surface area contributed by atoms with E-state index in [4.69, 9.17) is 19.4 Å². The van der Waals surface area contributed by atoms with Crippen LogP contribution in [-0.2, 0) is 5.41 Å². The van der Waals surface area contributed by atoms with Gasteiger partial charge in [0.05, 0.1) is 0 Å². The first-order chi connectivity index (χ1) is 24.8. The highest BCUT2D eigenvalue weighted by atomic mass is 16.3. The third-order valence-corrected chi connectivity index (χ3v) is 10.0. The van der Waals surface area contributed by atoms with Crippen LogP contribution in [0.2, 0.25) is 0 Å². The maximum absolute atomic E-state index is 6.19. The van der Waals surface area contributed by atoms with Gasteiger partial charge in [0.1, 0.15) is 16.6 Å². The molecule has 4 nitrogen and oxygen atoms in total. The molecule has 234 valence electrons. The van der Waals surface area contributed by atoms with Crippen LogP contribution < -0.4 is 0 Å². The van der Waals surface area contributed by atoms with Crippen LogP contribution in [0.15, 0.2) is 180 Å². The zero-order valence-electron chi connectivity index (χ0n) is 27.0. The number of furan rings is 1. The fraction of sp³-hybridized carbons (Fsp3) is 0.0217. The molecule has 0 aliphatic heterocycles. The van der Waals surface area contributed by atoms with Gasteiger partial charge in [-0.05, 0) is 63.2 Å². The van der Waals surface area contributed by atoms with Gasteiger partial charge in [0.25, 0.3) is 0 Å². The van der Waals surface area contributed by atoms with Gasteiger partial charge in [0.2, 0.25) is 0 Å². The molecule has 0 bridgehead atoms. The summed E-state index contributed by atoms with van der Waals surface area (Å²) in [5.41, 5.74) is 10.9. The molecule has 10 rings (SSSR count). The number of nitrogens with zero attached hydrogens (tertiary/aromatic N) is 3. The Morgan fingerprint density at radius 1 is 0.380 bits per heavy atom. The Kier molecular flexibility index (Phi) is 6.36. The molecule has 1 aliphatic rings. The Morgan fingerprint density at radius 3 is 1.62 bits per heavy atom. The second kappa shape index (κ2) is 11.2. The second-order valence-corrected chi connectivity index (χ2v) is 12.8. The summed E-state index contributed by atoms with van der Waals surface area (Å²) >= 11 is 0. The Balaban J connectivity index is 1.26. The first-order valence-electron chi connectivity index (χ1n) is 16.9. The van der Waals surface area contributed by atoms with Gasteiger partial charge in [0, 0.05) is 21.9 Å². The quantitative estimate of drug-likeness (QED) is 0.188. The molecule has 1 aliphatic carbocycles. The molecule has 0 amide bonds. The maximum Gasteiger partial charge on any atom is 0.163 e. The molecular weight excluding hydrogens is 611 g/mol. The van der Waals surface area contributed by atoms with E-state index < -0.39 is 5.41 Å². The van der Waals surface area contributed by atoms with Crippen LogP contribution in [0.1, 0.15) is 22.5 Å². The number of hydrogen-bond acceptors (Lipinski definition) is 4. The number of hydrogen-bond donors (Lipinski definition) is 0. The monoisotopic (exact) mass is 639 g/mol. The minimum atomic E-state index is -0.767. The molecule has 4 heteroatoms. The lowest BCUT2D eigenvalue weighted by molar-refractivity contribution is 0.669. The van der Waals surface area contributed by atoms with Gasteiger partial charge in [-0.1, -0.05) is 152 Å². The molecule has 0 atom stereocenters. The Labute approximate surface area is 289 Å². The summed E-state index contributed by atoms with van der Waals surface area (Å²) in [5.74, 6) is 1.92. The summed E-state index contributed by atoms with van der Waals surface area (Å²) in [7, 11) is 0. The highest BCUT2D eigenvalue weighted by Crippen LogP contribution is 2.55. The van der Waals surface area contributed by atoms with E-state index in [1.807, 2.05) is 30.3 Å². The van der Waals surface area contributed by atoms with Crippen molar-refractivity contribution < 1.29 is 4.42 Å². The van der Waals surface area contributed by atoms with E-state index in [0.717, 1.165) is 55.3 Å². The fourth-order valence-corrected chi connectivity index (χ4v) is 7.71. The molecule has 2 heterocycles. The van der Waals surface area contributed by atoms with E-state index in [-0.39, 0.29) is 0 Å². The molecule has 0 radical (unpaired) electrons. The number of benzene rings is 7. The van der Waals surface area contributed by atoms with Crippen molar-refractivity contribution in [2.75, 3.05) is 0 Å². The molecule has 2 aromatic heterocycles. The van der Waals surface area contributed by atoms with Crippen LogP contribution >= 0.6 is 0 Å². The average Bonchev–Trinajstić information content (AvgIpc) is 3.72. The molecular formula is C46H29N3O. The number of para-hydroxylation sites is 1. The lowest BCUT2D eigenvalue weighted by atomic mass is 9.71. The molecule has 7 aromatic carbocycles. The minimum Gasteiger partial charge on any atom is -0.456 e. The van der Waals surface area contributed by atoms with Crippen molar-refractivity contribution in [3.8, 4) is 45.0 Å². The normalized spacial score (nSPS) is 13.0. The third kappa shape index (κ3) is 4.28. The van der Waals surface area contributed by atoms with E-state index in [1.165, 1.54) is 16.7 Å². The van der Waals surface area contributed by atoms with Gasteiger partial charge in [-0.3, -0.25) is 0 Å². The van der Waals surface area contributed by atoms with Crippen LogP contribution in [0.3, 0.4) is 0 Å². The van der Waals surface area contributed by atoms with Crippen LogP contribution in [0.5, 0.6) is 0 Å². The molecule has 0 unspecified atom stereocenters. The summed E-state index contributed by atoms with van der Waals surface area (Å²) in [6.45, 7) is 0. The highest BCUT2D eigenvalue weighted by molar-refractivity contribution is 6.06. The van der Waals surface area contributed by atoms with Crippen molar-refractivity contribution in [2.24, 2.45) is 0 Å². The summed E-state index contributed by atoms with van der Waals surface area (Å²) in [6.07, 6.45) is 0. The fourth-order valence-electron chi connectivity index (χ4n) is 7.71. The van der Waals surface area contributed by atoms with Crippen molar-refractivity contribution >= 4 is 21.9 Å². The summed E-state index contributed by atoms with van der Waals surface area (Å²) in [5, 5.41) is 2.10. The third-order valence-electron chi connectivity index (χ3n) is 10.0. The topological polar surface area (TPSA) is 51.8 Å². The number of aromatic nitrogens is 3. The van der Waals surface area contributed by atoms with Gasteiger partial charge in [-0.25, -0.2) is 15.0 Å². The van der Waals surface area contributed by atoms with Gasteiger partial charge >= 0.3 is 0 Å². The molecule has 0 saturated heterocycles. The van der Waals surface area contributed by atoms with E-state index in [9.17, 15) is 0 Å². The standard InChI is InChI=1S/C46H29N3O/c1-3-13-30(14-4-1)31-23-25-32(26-24-31)43-47-44(33-27-28-42-38(29-33)37-19-9-12-22-41(37)50-42)49-45(48-43)46(34-15-5-2-6-16-34)39-20-10-7-17-35(39)36-18-8-11-21-40(36)46/h1-29H. The summed E-state index contributed by atoms with van der Waals surface area (Å²) < 4.78 is 6.19. The van der Waals surface area contributed by atoms with Gasteiger partial charge in [-0.15, -0.1) is 0 Å². The molecule has 9 aromatic rings. The number of fused-ring (bicyclic) bond motifs is 6. The van der Waals surface area contributed by atoms with Crippen molar-refractivity contribution in [2.45, 2.75) is 5.41 Å². The predicted octanol–water partition coefficient (Wildman–Crippen LogP) is 11.1. The highest BCUT2D eigenvalue weighted by Gasteiger charge is 2.48. The average molecular weight is 640 g/mol. The van der Waals surface area contributed by atoms with Crippen molar-refractivity contribution in [1.82, 2.24) is 15.0 Å². The smallest absolute Gasteiger partial charge is 0.163 e. The van der Waals surface area contributed by atoms with Crippen molar-refractivity contribution in [3.63, 3.8) is 0 Å². The lowest BCUT2D eigenvalue weighted by Crippen LogP contribution is -2.31. The van der Waals surface area contributed by atoms with Crippen LogP contribution in [0.25, 0.3) is 67.0 Å². The van der Waals surface area contributed by atoms with Crippen molar-refractivity contribution in [1.29, 1.82) is 0 Å². The molecule has 0 spiro atoms. The lowest BCUT2D eigenvalue weighted by Gasteiger charge is -2.32. The van der Waals surface area contributed by atoms with E-state index in [1.54, 1.807) is 0 Å².